The van der Waals surface area contributed by atoms with Crippen LogP contribution in [0.15, 0.2) is 0 Å². The normalized spacial score (nSPS) is 12.4. The fourth-order valence-electron chi connectivity index (χ4n) is 2.36. The Morgan fingerprint density at radius 1 is 0.900 bits per heavy atom. The van der Waals surface area contributed by atoms with Crippen LogP contribution < -0.4 is 0 Å². The monoisotopic (exact) mass is 285 g/mol. The van der Waals surface area contributed by atoms with Crippen LogP contribution in [0.3, 0.4) is 0 Å². The Kier molecular flexibility index (Phi) is 13.0. The van der Waals surface area contributed by atoms with E-state index in [0.29, 0.717) is 6.61 Å². The molecule has 3 nitrogen and oxygen atoms in total. The van der Waals surface area contributed by atoms with Gasteiger partial charge in [-0.2, -0.15) is 0 Å². The molecule has 1 atom stereocenters. The summed E-state index contributed by atoms with van der Waals surface area (Å²) in [6.07, 6.45) is 10.1. The third-order valence-electron chi connectivity index (χ3n) is 3.79. The molecule has 0 aromatic rings. The predicted octanol–water partition coefficient (Wildman–Crippen LogP) is 4.40. The lowest BCUT2D eigenvalue weighted by Gasteiger charge is -2.22. The van der Waals surface area contributed by atoms with Crippen molar-refractivity contribution in [1.82, 2.24) is 4.90 Å². The molecule has 0 saturated heterocycles. The molecule has 120 valence electrons. The van der Waals surface area contributed by atoms with Crippen molar-refractivity contribution >= 4 is 5.91 Å². The summed E-state index contributed by atoms with van der Waals surface area (Å²) in [6.45, 7) is 10.4. The number of hydrogen-bond donors (Lipinski definition) is 0. The topological polar surface area (TPSA) is 29.5 Å². The van der Waals surface area contributed by atoms with Crippen molar-refractivity contribution in [2.75, 3.05) is 19.7 Å². The maximum atomic E-state index is 12.0. The lowest BCUT2D eigenvalue weighted by atomic mass is 10.1. The minimum Gasteiger partial charge on any atom is -0.369 e. The molecule has 0 N–H and O–H groups in total. The highest BCUT2D eigenvalue weighted by atomic mass is 16.5. The van der Waals surface area contributed by atoms with Gasteiger partial charge in [-0.05, 0) is 27.2 Å². The molecule has 0 rings (SSSR count). The number of carbonyl (C=O) groups excluding carboxylic acids is 1. The quantitative estimate of drug-likeness (QED) is 0.469. The van der Waals surface area contributed by atoms with Crippen LogP contribution in [0.25, 0.3) is 0 Å². The summed E-state index contributed by atoms with van der Waals surface area (Å²) < 4.78 is 5.64. The minimum atomic E-state index is -0.292. The largest absolute Gasteiger partial charge is 0.369 e. The lowest BCUT2D eigenvalue weighted by Crippen LogP contribution is -2.38. The zero-order valence-corrected chi connectivity index (χ0v) is 14.1. The third kappa shape index (κ3) is 9.35. The van der Waals surface area contributed by atoms with Crippen LogP contribution in [0.5, 0.6) is 0 Å². The number of rotatable bonds is 13. The molecular weight excluding hydrogens is 250 g/mol. The van der Waals surface area contributed by atoms with Gasteiger partial charge in [0.25, 0.3) is 5.91 Å². The van der Waals surface area contributed by atoms with E-state index in [4.69, 9.17) is 4.74 Å². The Balaban J connectivity index is 3.48. The highest BCUT2D eigenvalue weighted by molar-refractivity contribution is 5.80. The fraction of sp³-hybridized carbons (Fsp3) is 0.941. The Labute approximate surface area is 126 Å². The van der Waals surface area contributed by atoms with Crippen LogP contribution in [-0.4, -0.2) is 36.6 Å². The Morgan fingerprint density at radius 2 is 1.40 bits per heavy atom. The van der Waals surface area contributed by atoms with Gasteiger partial charge in [-0.3, -0.25) is 4.79 Å². The third-order valence-corrected chi connectivity index (χ3v) is 3.79. The maximum absolute atomic E-state index is 12.0. The van der Waals surface area contributed by atoms with Crippen molar-refractivity contribution in [2.24, 2.45) is 0 Å². The number of likely N-dealkylation sites (N-methyl/N-ethyl adjacent to an activating group) is 1. The first-order chi connectivity index (χ1) is 9.67. The van der Waals surface area contributed by atoms with Gasteiger partial charge in [-0.15, -0.1) is 0 Å². The van der Waals surface area contributed by atoms with E-state index in [1.807, 2.05) is 25.7 Å². The molecule has 0 aliphatic carbocycles. The first-order valence-corrected chi connectivity index (χ1v) is 8.57. The van der Waals surface area contributed by atoms with E-state index in [0.717, 1.165) is 19.5 Å². The summed E-state index contributed by atoms with van der Waals surface area (Å²) in [7, 11) is 0. The van der Waals surface area contributed by atoms with Crippen molar-refractivity contribution in [3.63, 3.8) is 0 Å². The zero-order chi connectivity index (χ0) is 15.2. The maximum Gasteiger partial charge on any atom is 0.251 e. The summed E-state index contributed by atoms with van der Waals surface area (Å²) in [4.78, 5) is 13.8. The van der Waals surface area contributed by atoms with Gasteiger partial charge in [0.05, 0.1) is 0 Å². The van der Waals surface area contributed by atoms with E-state index < -0.39 is 0 Å². The van der Waals surface area contributed by atoms with Crippen molar-refractivity contribution in [1.29, 1.82) is 0 Å². The molecule has 0 spiro atoms. The van der Waals surface area contributed by atoms with Gasteiger partial charge >= 0.3 is 0 Å². The van der Waals surface area contributed by atoms with E-state index in [-0.39, 0.29) is 12.0 Å². The first kappa shape index (κ1) is 19.4. The number of carbonyl (C=O) groups is 1. The Hall–Kier alpha value is -0.570. The van der Waals surface area contributed by atoms with Crippen LogP contribution in [0, 0.1) is 0 Å². The molecule has 0 saturated carbocycles. The number of unbranched alkanes of at least 4 members (excludes halogenated alkanes) is 7. The van der Waals surface area contributed by atoms with Gasteiger partial charge in [0.15, 0.2) is 0 Å². The second-order valence-electron chi connectivity index (χ2n) is 5.50. The molecule has 0 fully saturated rings. The molecule has 1 amide bonds. The molecule has 0 heterocycles. The summed E-state index contributed by atoms with van der Waals surface area (Å²) in [5.74, 6) is 0.120. The molecule has 0 aliphatic rings. The molecule has 20 heavy (non-hydrogen) atoms. The van der Waals surface area contributed by atoms with Gasteiger partial charge in [-0.1, -0.05) is 51.9 Å². The van der Waals surface area contributed by atoms with Crippen LogP contribution in [0.1, 0.15) is 79.1 Å². The molecule has 0 aromatic heterocycles. The van der Waals surface area contributed by atoms with Crippen LogP contribution >= 0.6 is 0 Å². The van der Waals surface area contributed by atoms with Gasteiger partial charge in [0.1, 0.15) is 6.10 Å². The smallest absolute Gasteiger partial charge is 0.251 e. The zero-order valence-electron chi connectivity index (χ0n) is 14.1. The molecular formula is C17H35NO2. The second-order valence-corrected chi connectivity index (χ2v) is 5.50. The fourth-order valence-corrected chi connectivity index (χ4v) is 2.36. The second kappa shape index (κ2) is 13.4. The van der Waals surface area contributed by atoms with E-state index in [2.05, 4.69) is 6.92 Å². The van der Waals surface area contributed by atoms with Crippen molar-refractivity contribution in [3.8, 4) is 0 Å². The standard InChI is InChI=1S/C17H35NO2/c1-5-8-9-10-11-12-13-14-15-20-16(4)17(19)18(6-2)7-3/h16H,5-15H2,1-4H3. The molecule has 0 aromatic carbocycles. The number of amides is 1. The summed E-state index contributed by atoms with van der Waals surface area (Å²) in [5, 5.41) is 0. The van der Waals surface area contributed by atoms with Gasteiger partial charge < -0.3 is 9.64 Å². The number of nitrogens with zero attached hydrogens (tertiary/aromatic N) is 1. The van der Waals surface area contributed by atoms with Crippen LogP contribution in [0.2, 0.25) is 0 Å². The average molecular weight is 285 g/mol. The minimum absolute atomic E-state index is 0.120. The highest BCUT2D eigenvalue weighted by Crippen LogP contribution is 2.09. The summed E-state index contributed by atoms with van der Waals surface area (Å²) >= 11 is 0. The SMILES string of the molecule is CCCCCCCCCCOC(C)C(=O)N(CC)CC. The van der Waals surface area contributed by atoms with Crippen LogP contribution in [0.4, 0.5) is 0 Å². The summed E-state index contributed by atoms with van der Waals surface area (Å²) in [5.41, 5.74) is 0. The highest BCUT2D eigenvalue weighted by Gasteiger charge is 2.17. The molecule has 0 aliphatic heterocycles. The van der Waals surface area contributed by atoms with E-state index in [1.165, 1.54) is 44.9 Å². The van der Waals surface area contributed by atoms with Crippen molar-refractivity contribution < 1.29 is 9.53 Å². The Morgan fingerprint density at radius 3 is 1.90 bits per heavy atom. The van der Waals surface area contributed by atoms with Crippen LogP contribution in [-0.2, 0) is 9.53 Å². The molecule has 0 radical (unpaired) electrons. The van der Waals surface area contributed by atoms with Gasteiger partial charge in [0, 0.05) is 19.7 Å². The van der Waals surface area contributed by atoms with Crippen molar-refractivity contribution in [2.45, 2.75) is 85.2 Å². The lowest BCUT2D eigenvalue weighted by molar-refractivity contribution is -0.142. The van der Waals surface area contributed by atoms with E-state index in [9.17, 15) is 4.79 Å². The average Bonchev–Trinajstić information content (AvgIpc) is 2.46. The van der Waals surface area contributed by atoms with E-state index >= 15 is 0 Å². The Bertz CT molecular complexity index is 227. The molecule has 0 bridgehead atoms. The molecule has 1 unspecified atom stereocenters. The van der Waals surface area contributed by atoms with Crippen molar-refractivity contribution in [3.05, 3.63) is 0 Å². The van der Waals surface area contributed by atoms with Gasteiger partial charge in [0.2, 0.25) is 0 Å². The molecule has 3 heteroatoms. The van der Waals surface area contributed by atoms with Gasteiger partial charge in [-0.25, -0.2) is 0 Å². The summed E-state index contributed by atoms with van der Waals surface area (Å²) in [6, 6.07) is 0. The number of ether oxygens (including phenoxy) is 1. The number of hydrogen-bond acceptors (Lipinski definition) is 2. The van der Waals surface area contributed by atoms with E-state index in [1.54, 1.807) is 0 Å². The predicted molar refractivity (Wildman–Crippen MR) is 86.0 cm³/mol. The first-order valence-electron chi connectivity index (χ1n) is 8.57.